The summed E-state index contributed by atoms with van der Waals surface area (Å²) in [6.45, 7) is 0. The lowest BCUT2D eigenvalue weighted by Crippen LogP contribution is -2.26. The fourth-order valence-corrected chi connectivity index (χ4v) is 15.7. The summed E-state index contributed by atoms with van der Waals surface area (Å²) in [5, 5.41) is 5.13. The topological polar surface area (TPSA) is 3.24 Å². The molecular weight excluding hydrogens is 911 g/mol. The molecule has 0 N–H and O–H groups in total. The van der Waals surface area contributed by atoms with Crippen molar-refractivity contribution in [3.8, 4) is 55.6 Å². The van der Waals surface area contributed by atoms with E-state index in [2.05, 4.69) is 266 Å². The van der Waals surface area contributed by atoms with Crippen molar-refractivity contribution in [2.45, 2.75) is 10.8 Å². The van der Waals surface area contributed by atoms with Crippen molar-refractivity contribution in [2.75, 3.05) is 4.90 Å². The van der Waals surface area contributed by atoms with E-state index >= 15 is 0 Å². The number of anilines is 3. The zero-order valence-electron chi connectivity index (χ0n) is 40.2. The summed E-state index contributed by atoms with van der Waals surface area (Å²) < 4.78 is 2.61. The second kappa shape index (κ2) is 14.8. The van der Waals surface area contributed by atoms with Crippen molar-refractivity contribution in [3.63, 3.8) is 0 Å². The van der Waals surface area contributed by atoms with Gasteiger partial charge < -0.3 is 4.90 Å². The van der Waals surface area contributed by atoms with Crippen LogP contribution in [0.1, 0.15) is 44.5 Å². The van der Waals surface area contributed by atoms with E-state index in [4.69, 9.17) is 0 Å². The quantitative estimate of drug-likeness (QED) is 0.170. The maximum Gasteiger partial charge on any atom is 0.0726 e. The van der Waals surface area contributed by atoms with Crippen molar-refractivity contribution in [1.29, 1.82) is 0 Å². The fraction of sp³-hybridized carbons (Fsp3) is 0.0278. The van der Waals surface area contributed by atoms with Gasteiger partial charge in [0.05, 0.1) is 10.8 Å². The van der Waals surface area contributed by atoms with E-state index in [0.29, 0.717) is 0 Å². The number of benzene rings is 12. The van der Waals surface area contributed by atoms with Crippen LogP contribution in [0.15, 0.2) is 261 Å². The minimum absolute atomic E-state index is 0.482. The van der Waals surface area contributed by atoms with Gasteiger partial charge in [0.25, 0.3) is 0 Å². The zero-order chi connectivity index (χ0) is 48.3. The Kier molecular flexibility index (Phi) is 8.08. The van der Waals surface area contributed by atoms with E-state index in [1.165, 1.54) is 131 Å². The summed E-state index contributed by atoms with van der Waals surface area (Å²) in [6, 6.07) is 99.1. The molecule has 0 saturated carbocycles. The molecule has 1 nitrogen and oxygen atoms in total. The number of nitrogens with zero attached hydrogens (tertiary/aromatic N) is 1. The Morgan fingerprint density at radius 1 is 0.243 bits per heavy atom. The molecule has 2 heteroatoms. The summed E-state index contributed by atoms with van der Waals surface area (Å²) >= 11 is 1.91. The highest BCUT2D eigenvalue weighted by Gasteiger charge is 2.53. The van der Waals surface area contributed by atoms with Crippen LogP contribution in [0.3, 0.4) is 0 Å². The molecule has 0 bridgehead atoms. The van der Waals surface area contributed by atoms with Crippen molar-refractivity contribution in [2.24, 2.45) is 0 Å². The Bertz CT molecular complexity index is 4250. The molecule has 17 rings (SSSR count). The summed E-state index contributed by atoms with van der Waals surface area (Å²) in [4.78, 5) is 2.57. The zero-order valence-corrected chi connectivity index (χ0v) is 41.0. The lowest BCUT2D eigenvalue weighted by atomic mass is 9.70. The number of fused-ring (bicyclic) bond motifs is 25. The first-order chi connectivity index (χ1) is 36.7. The lowest BCUT2D eigenvalue weighted by molar-refractivity contribution is 0.792. The molecule has 74 heavy (non-hydrogen) atoms. The lowest BCUT2D eigenvalue weighted by Gasteiger charge is -2.33. The number of hydrogen-bond acceptors (Lipinski definition) is 2. The Morgan fingerprint density at radius 2 is 0.608 bits per heavy atom. The van der Waals surface area contributed by atoms with Crippen molar-refractivity contribution in [3.05, 3.63) is 305 Å². The van der Waals surface area contributed by atoms with Crippen LogP contribution in [0.4, 0.5) is 17.1 Å². The second-order valence-corrected chi connectivity index (χ2v) is 21.6. The summed E-state index contributed by atoms with van der Waals surface area (Å²) in [5.41, 5.74) is 26.1. The third kappa shape index (κ3) is 5.03. The monoisotopic (exact) mass is 953 g/mol. The molecule has 4 aliphatic rings. The largest absolute Gasteiger partial charge is 0.310 e. The van der Waals surface area contributed by atoms with Gasteiger partial charge in [0, 0.05) is 42.6 Å². The molecule has 1 heterocycles. The van der Waals surface area contributed by atoms with E-state index < -0.39 is 10.8 Å². The Balaban J connectivity index is 0.956. The smallest absolute Gasteiger partial charge is 0.0726 e. The summed E-state index contributed by atoms with van der Waals surface area (Å²) in [5.74, 6) is 0. The van der Waals surface area contributed by atoms with E-state index in [0.717, 1.165) is 17.1 Å². The van der Waals surface area contributed by atoms with Crippen LogP contribution >= 0.6 is 11.3 Å². The van der Waals surface area contributed by atoms with Crippen LogP contribution < -0.4 is 4.90 Å². The Labute approximate surface area is 433 Å². The molecule has 0 atom stereocenters. The second-order valence-electron chi connectivity index (χ2n) is 20.6. The minimum atomic E-state index is -0.482. The van der Waals surface area contributed by atoms with Gasteiger partial charge >= 0.3 is 0 Å². The normalized spacial score (nSPS) is 14.2. The summed E-state index contributed by atoms with van der Waals surface area (Å²) in [6.07, 6.45) is 0. The number of thiophene rings is 1. The molecular formula is C72H43NS. The van der Waals surface area contributed by atoms with Gasteiger partial charge in [-0.25, -0.2) is 0 Å². The molecule has 1 aromatic heterocycles. The van der Waals surface area contributed by atoms with Crippen molar-refractivity contribution < 1.29 is 0 Å². The van der Waals surface area contributed by atoms with E-state index in [-0.39, 0.29) is 0 Å². The third-order valence-corrected chi connectivity index (χ3v) is 18.5. The predicted molar refractivity (Wildman–Crippen MR) is 310 cm³/mol. The van der Waals surface area contributed by atoms with Crippen LogP contribution in [0.2, 0.25) is 0 Å². The molecule has 0 unspecified atom stereocenters. The molecule has 12 aromatic carbocycles. The molecule has 0 radical (unpaired) electrons. The molecule has 0 fully saturated rings. The highest BCUT2D eigenvalue weighted by molar-refractivity contribution is 7.26. The van der Waals surface area contributed by atoms with Gasteiger partial charge in [-0.2, -0.15) is 0 Å². The first-order valence-electron chi connectivity index (χ1n) is 25.8. The molecule has 0 amide bonds. The highest BCUT2D eigenvalue weighted by atomic mass is 32.1. The van der Waals surface area contributed by atoms with Crippen molar-refractivity contribution in [1.82, 2.24) is 0 Å². The van der Waals surface area contributed by atoms with E-state index in [1.807, 2.05) is 11.3 Å². The third-order valence-electron chi connectivity index (χ3n) is 17.3. The van der Waals surface area contributed by atoms with Crippen LogP contribution in [-0.4, -0.2) is 0 Å². The van der Waals surface area contributed by atoms with Gasteiger partial charge in [-0.3, -0.25) is 0 Å². The molecule has 2 spiro atoms. The Hall–Kier alpha value is -9.08. The molecule has 0 saturated heterocycles. The average molecular weight is 954 g/mol. The van der Waals surface area contributed by atoms with E-state index in [1.54, 1.807) is 0 Å². The predicted octanol–water partition coefficient (Wildman–Crippen LogP) is 19.0. The van der Waals surface area contributed by atoms with Crippen LogP contribution in [0.25, 0.3) is 86.6 Å². The maximum absolute atomic E-state index is 2.57. The average Bonchev–Trinajstić information content (AvgIpc) is 4.24. The number of rotatable bonds is 4. The minimum Gasteiger partial charge on any atom is -0.310 e. The SMILES string of the molecule is c1ccc(-c2cc3c4cc(N(c5ccc6c(c5)C5(c7ccccc7-c7ccccc75)c5ccccc5-6)c5ccc6c(c5)C5(c7ccccc7-c7ccccc75)c5ccccc5-6)ccc4sc3c3ccccc23)cc1. The molecule has 342 valence electrons. The van der Waals surface area contributed by atoms with Gasteiger partial charge in [0.2, 0.25) is 0 Å². The standard InChI is InChI=1S/C72H43NS/c1-2-18-44(19-3-1)58-43-60-59-40-45(36-39-69(59)74-70(60)57-27-5-4-20-48(57)58)73(46-34-37-55-53-25-10-16-32-65(53)71(67(55)41-46)61-28-12-6-21-49(61)50-22-7-13-29-62(50)71)47-35-38-56-54-26-11-17-33-66(54)72(68(56)42-47)63-30-14-8-23-51(63)52-24-9-15-31-64(52)72/h1-43H. The highest BCUT2D eigenvalue weighted by Crippen LogP contribution is 2.65. The van der Waals surface area contributed by atoms with Gasteiger partial charge in [-0.1, -0.05) is 212 Å². The summed E-state index contributed by atoms with van der Waals surface area (Å²) in [7, 11) is 0. The van der Waals surface area contributed by atoms with Gasteiger partial charge in [-0.15, -0.1) is 11.3 Å². The molecule has 0 aliphatic heterocycles. The van der Waals surface area contributed by atoms with Gasteiger partial charge in [-0.05, 0) is 154 Å². The fourth-order valence-electron chi connectivity index (χ4n) is 14.5. The first kappa shape index (κ1) is 40.5. The van der Waals surface area contributed by atoms with Gasteiger partial charge in [0.1, 0.15) is 0 Å². The maximum atomic E-state index is 2.57. The number of hydrogen-bond donors (Lipinski definition) is 0. The Morgan fingerprint density at radius 3 is 1.07 bits per heavy atom. The van der Waals surface area contributed by atoms with Crippen LogP contribution in [0.5, 0.6) is 0 Å². The molecule has 13 aromatic rings. The van der Waals surface area contributed by atoms with E-state index in [9.17, 15) is 0 Å². The molecule has 4 aliphatic carbocycles. The first-order valence-corrected chi connectivity index (χ1v) is 26.6. The van der Waals surface area contributed by atoms with Crippen LogP contribution in [-0.2, 0) is 10.8 Å². The van der Waals surface area contributed by atoms with Crippen molar-refractivity contribution >= 4 is 59.3 Å². The van der Waals surface area contributed by atoms with Crippen LogP contribution in [0, 0.1) is 0 Å². The van der Waals surface area contributed by atoms with Gasteiger partial charge in [0.15, 0.2) is 0 Å².